The van der Waals surface area contributed by atoms with Gasteiger partial charge < -0.3 is 30.3 Å². The van der Waals surface area contributed by atoms with E-state index in [0.29, 0.717) is 41.3 Å². The highest BCUT2D eigenvalue weighted by molar-refractivity contribution is 5.91. The molecule has 0 saturated carbocycles. The molecule has 2 fully saturated rings. The molecule has 6 rings (SSSR count). The molecule has 0 unspecified atom stereocenters. The van der Waals surface area contributed by atoms with E-state index < -0.39 is 5.97 Å². The van der Waals surface area contributed by atoms with Crippen LogP contribution in [-0.2, 0) is 9.53 Å². The van der Waals surface area contributed by atoms with Crippen LogP contribution in [0.4, 0.5) is 23.0 Å². The van der Waals surface area contributed by atoms with Crippen molar-refractivity contribution in [3.63, 3.8) is 0 Å². The number of benzene rings is 1. The highest BCUT2D eigenvalue weighted by Crippen LogP contribution is 2.42. The van der Waals surface area contributed by atoms with Gasteiger partial charge in [-0.05, 0) is 38.0 Å². The zero-order valence-electron chi connectivity index (χ0n) is 20.6. The quantitative estimate of drug-likeness (QED) is 0.474. The number of H-pyrrole nitrogens is 1. The lowest BCUT2D eigenvalue weighted by molar-refractivity contribution is -0.135. The molecule has 192 valence electrons. The number of nitrogens with two attached hydrogens (primary N) is 1. The molecule has 1 spiro atoms. The summed E-state index contributed by atoms with van der Waals surface area (Å²) in [7, 11) is 0. The first kappa shape index (κ1) is 23.4. The molecule has 0 radical (unpaired) electrons. The van der Waals surface area contributed by atoms with Crippen molar-refractivity contribution in [2.45, 2.75) is 31.9 Å². The Kier molecular flexibility index (Phi) is 5.62. The summed E-state index contributed by atoms with van der Waals surface area (Å²) in [6, 6.07) is 7.45. The Hall–Kier alpha value is -3.95. The van der Waals surface area contributed by atoms with Crippen molar-refractivity contribution in [1.29, 1.82) is 5.26 Å². The second kappa shape index (κ2) is 8.86. The molecule has 0 amide bonds. The largest absolute Gasteiger partial charge is 0.480 e. The van der Waals surface area contributed by atoms with Gasteiger partial charge in [0.2, 0.25) is 0 Å². The van der Waals surface area contributed by atoms with Gasteiger partial charge in [0, 0.05) is 37.6 Å². The molecular formula is C25H29N9O3. The molecule has 3 aliphatic rings. The van der Waals surface area contributed by atoms with Crippen LogP contribution in [0.5, 0.6) is 0 Å². The van der Waals surface area contributed by atoms with E-state index in [1.807, 2.05) is 17.9 Å². The molecule has 4 N–H and O–H groups in total. The Morgan fingerprint density at radius 1 is 1.30 bits per heavy atom. The Labute approximate surface area is 213 Å². The van der Waals surface area contributed by atoms with Crippen LogP contribution in [0.1, 0.15) is 25.3 Å². The third-order valence-electron chi connectivity index (χ3n) is 8.08. The summed E-state index contributed by atoms with van der Waals surface area (Å²) < 4.78 is 5.84. The maximum atomic E-state index is 11.4. The number of aromatic nitrogens is 4. The summed E-state index contributed by atoms with van der Waals surface area (Å²) in [5, 5.41) is 26.3. The number of piperidine rings is 1. The first-order valence-electron chi connectivity index (χ1n) is 12.5. The van der Waals surface area contributed by atoms with Crippen molar-refractivity contribution in [3.05, 3.63) is 30.0 Å². The zero-order valence-corrected chi connectivity index (χ0v) is 20.6. The van der Waals surface area contributed by atoms with Gasteiger partial charge in [-0.3, -0.25) is 9.89 Å². The van der Waals surface area contributed by atoms with E-state index in [4.69, 9.17) is 20.4 Å². The normalized spacial score (nSPS) is 22.9. The predicted molar refractivity (Wildman–Crippen MR) is 137 cm³/mol. The van der Waals surface area contributed by atoms with Crippen molar-refractivity contribution in [1.82, 2.24) is 20.2 Å². The summed E-state index contributed by atoms with van der Waals surface area (Å²) >= 11 is 0. The molecule has 0 bridgehead atoms. The van der Waals surface area contributed by atoms with E-state index in [-0.39, 0.29) is 24.1 Å². The van der Waals surface area contributed by atoms with Gasteiger partial charge in [-0.25, -0.2) is 9.97 Å². The van der Waals surface area contributed by atoms with Crippen LogP contribution in [0.2, 0.25) is 0 Å². The minimum absolute atomic E-state index is 0.0379. The molecule has 0 aliphatic carbocycles. The van der Waals surface area contributed by atoms with Gasteiger partial charge in [-0.15, -0.1) is 0 Å². The number of anilines is 4. The highest BCUT2D eigenvalue weighted by Gasteiger charge is 2.47. The van der Waals surface area contributed by atoms with E-state index in [1.54, 1.807) is 23.2 Å². The van der Waals surface area contributed by atoms with Crippen molar-refractivity contribution < 1.29 is 14.6 Å². The fraction of sp³-hybridized carbons (Fsp3) is 0.480. The Morgan fingerprint density at radius 2 is 2.11 bits per heavy atom. The summed E-state index contributed by atoms with van der Waals surface area (Å²) in [5.74, 6) is 0.491. The summed E-state index contributed by atoms with van der Waals surface area (Å²) in [4.78, 5) is 27.0. The number of aliphatic carboxylic acids is 1. The van der Waals surface area contributed by atoms with E-state index >= 15 is 0 Å². The Balaban J connectivity index is 1.26. The van der Waals surface area contributed by atoms with Crippen LogP contribution in [0, 0.1) is 16.7 Å². The van der Waals surface area contributed by atoms with Crippen LogP contribution >= 0.6 is 0 Å². The van der Waals surface area contributed by atoms with Crippen LogP contribution in [0.15, 0.2) is 24.4 Å². The number of ether oxygens (including phenoxy) is 1. The lowest BCUT2D eigenvalue weighted by atomic mass is 9.73. The molecule has 12 heteroatoms. The maximum Gasteiger partial charge on any atom is 0.323 e. The number of rotatable bonds is 4. The lowest BCUT2D eigenvalue weighted by Gasteiger charge is -2.41. The Bertz CT molecular complexity index is 1390. The number of nitrogens with zero attached hydrogens (tertiary/aromatic N) is 7. The average Bonchev–Trinajstić information content (AvgIpc) is 3.45. The molecule has 2 atom stereocenters. The molecule has 2 aromatic heterocycles. The first-order chi connectivity index (χ1) is 17.9. The molecule has 1 aromatic carbocycles. The fourth-order valence-electron chi connectivity index (χ4n) is 5.86. The number of carbonyl (C=O) groups is 1. The molecule has 3 aliphatic heterocycles. The van der Waals surface area contributed by atoms with Crippen LogP contribution in [0.25, 0.3) is 11.2 Å². The number of fused-ring (bicyclic) bond motifs is 2. The minimum Gasteiger partial charge on any atom is -0.480 e. The van der Waals surface area contributed by atoms with E-state index in [9.17, 15) is 15.2 Å². The van der Waals surface area contributed by atoms with Crippen molar-refractivity contribution >= 4 is 40.1 Å². The highest BCUT2D eigenvalue weighted by atomic mass is 16.5. The Morgan fingerprint density at radius 3 is 2.81 bits per heavy atom. The minimum atomic E-state index is -0.925. The lowest BCUT2D eigenvalue weighted by Crippen LogP contribution is -2.50. The number of carboxylic acid groups (broad SMARTS) is 1. The molecule has 5 heterocycles. The van der Waals surface area contributed by atoms with Crippen LogP contribution in [-0.4, -0.2) is 82.7 Å². The number of carboxylic acids is 1. The zero-order chi connectivity index (χ0) is 25.7. The standard InChI is InChI=1S/C25H29N9O3/c1-15-22(27)25(14-37-15)4-6-32(7-5-25)19-12-28-21-23(29-19)30-31-24(21)34-9-8-33(13-20(35)36)18-10-16(11-26)2-3-17(18)34/h2-3,10,12,15,22H,4-9,13-14,27H2,1H3,(H,35,36)(H,29,30,31)/t15-,22+/m0/s1. The van der Waals surface area contributed by atoms with Gasteiger partial charge in [0.05, 0.1) is 41.9 Å². The monoisotopic (exact) mass is 503 g/mol. The van der Waals surface area contributed by atoms with E-state index in [2.05, 4.69) is 21.2 Å². The molecular weight excluding hydrogens is 474 g/mol. The van der Waals surface area contributed by atoms with E-state index in [1.165, 1.54) is 0 Å². The van der Waals surface area contributed by atoms with Crippen molar-refractivity contribution in [2.75, 3.05) is 54.0 Å². The number of nitriles is 1. The summed E-state index contributed by atoms with van der Waals surface area (Å²) in [6.45, 7) is 5.28. The van der Waals surface area contributed by atoms with Gasteiger partial charge in [-0.1, -0.05) is 0 Å². The summed E-state index contributed by atoms with van der Waals surface area (Å²) in [5.41, 5.74) is 9.65. The third kappa shape index (κ3) is 3.91. The van der Waals surface area contributed by atoms with Crippen molar-refractivity contribution in [3.8, 4) is 6.07 Å². The maximum absolute atomic E-state index is 11.4. The van der Waals surface area contributed by atoms with Gasteiger partial charge in [0.1, 0.15) is 12.4 Å². The fourth-order valence-corrected chi connectivity index (χ4v) is 5.86. The molecule has 3 aromatic rings. The number of hydrogen-bond acceptors (Lipinski definition) is 10. The first-order valence-corrected chi connectivity index (χ1v) is 12.5. The van der Waals surface area contributed by atoms with Crippen LogP contribution in [0.3, 0.4) is 0 Å². The molecule has 37 heavy (non-hydrogen) atoms. The molecule has 12 nitrogen and oxygen atoms in total. The molecule has 2 saturated heterocycles. The topological polar surface area (TPSA) is 161 Å². The summed E-state index contributed by atoms with van der Waals surface area (Å²) in [6.07, 6.45) is 3.78. The van der Waals surface area contributed by atoms with Crippen molar-refractivity contribution in [2.24, 2.45) is 11.1 Å². The van der Waals surface area contributed by atoms with Crippen LogP contribution < -0.4 is 20.4 Å². The number of aromatic amines is 1. The van der Waals surface area contributed by atoms with Gasteiger partial charge in [-0.2, -0.15) is 10.4 Å². The second-order valence-electron chi connectivity index (χ2n) is 10.1. The SMILES string of the molecule is C[C@@H]1OCC2(CCN(c3cnc4c(N5CCN(CC(=O)O)c6cc(C#N)ccc65)n[nH]c4n3)CC2)[C@@H]1N. The smallest absolute Gasteiger partial charge is 0.323 e. The number of nitrogens with one attached hydrogen (secondary N) is 1. The third-order valence-corrected chi connectivity index (χ3v) is 8.08. The van der Waals surface area contributed by atoms with Gasteiger partial charge in [0.15, 0.2) is 17.0 Å². The number of hydrogen-bond donors (Lipinski definition) is 3. The second-order valence-corrected chi connectivity index (χ2v) is 10.1. The predicted octanol–water partition coefficient (Wildman–Crippen LogP) is 1.60. The van der Waals surface area contributed by atoms with Gasteiger partial charge >= 0.3 is 5.97 Å². The van der Waals surface area contributed by atoms with Gasteiger partial charge in [0.25, 0.3) is 0 Å². The average molecular weight is 504 g/mol. The van der Waals surface area contributed by atoms with E-state index in [0.717, 1.165) is 44.0 Å².